The lowest BCUT2D eigenvalue weighted by Crippen LogP contribution is -2.24. The lowest BCUT2D eigenvalue weighted by atomic mass is 10.1. The zero-order chi connectivity index (χ0) is 17.4. The molecule has 3 nitrogen and oxygen atoms in total. The highest BCUT2D eigenvalue weighted by Gasteiger charge is 2.04. The SMILES string of the molecule is CCCc1ccc(C(=O)NCCCc2ccc(N(C)C)cc2)cc1. The lowest BCUT2D eigenvalue weighted by molar-refractivity contribution is 0.0953. The topological polar surface area (TPSA) is 32.3 Å². The molecule has 0 atom stereocenters. The van der Waals surface area contributed by atoms with Crippen LogP contribution in [0.2, 0.25) is 0 Å². The first-order valence-corrected chi connectivity index (χ1v) is 8.73. The van der Waals surface area contributed by atoms with E-state index in [1.54, 1.807) is 0 Å². The van der Waals surface area contributed by atoms with Crippen LogP contribution in [0.15, 0.2) is 48.5 Å². The molecule has 2 aromatic carbocycles. The van der Waals surface area contributed by atoms with Crippen molar-refractivity contribution in [3.8, 4) is 0 Å². The number of nitrogens with one attached hydrogen (secondary N) is 1. The van der Waals surface area contributed by atoms with Crippen LogP contribution in [0.3, 0.4) is 0 Å². The summed E-state index contributed by atoms with van der Waals surface area (Å²) >= 11 is 0. The minimum absolute atomic E-state index is 0.0148. The van der Waals surface area contributed by atoms with E-state index in [2.05, 4.69) is 41.4 Å². The summed E-state index contributed by atoms with van der Waals surface area (Å²) in [5.74, 6) is 0.0148. The molecule has 128 valence electrons. The number of nitrogens with zero attached hydrogens (tertiary/aromatic N) is 1. The van der Waals surface area contributed by atoms with Gasteiger partial charge in [0.1, 0.15) is 0 Å². The molecule has 0 unspecified atom stereocenters. The van der Waals surface area contributed by atoms with Crippen LogP contribution in [0.25, 0.3) is 0 Å². The quantitative estimate of drug-likeness (QED) is 0.743. The maximum Gasteiger partial charge on any atom is 0.251 e. The van der Waals surface area contributed by atoms with E-state index in [1.165, 1.54) is 16.8 Å². The van der Waals surface area contributed by atoms with Crippen LogP contribution in [-0.4, -0.2) is 26.5 Å². The second-order valence-corrected chi connectivity index (χ2v) is 6.37. The van der Waals surface area contributed by atoms with E-state index in [0.717, 1.165) is 31.2 Å². The maximum atomic E-state index is 12.1. The molecular weight excluding hydrogens is 296 g/mol. The van der Waals surface area contributed by atoms with Gasteiger partial charge in [0, 0.05) is 31.9 Å². The summed E-state index contributed by atoms with van der Waals surface area (Å²) in [5.41, 5.74) is 4.54. The number of hydrogen-bond acceptors (Lipinski definition) is 2. The Morgan fingerprint density at radius 3 is 2.08 bits per heavy atom. The molecule has 0 fully saturated rings. The van der Waals surface area contributed by atoms with Crippen LogP contribution in [0.4, 0.5) is 5.69 Å². The first kappa shape index (κ1) is 18.1. The minimum Gasteiger partial charge on any atom is -0.378 e. The van der Waals surface area contributed by atoms with Crippen LogP contribution in [-0.2, 0) is 12.8 Å². The Morgan fingerprint density at radius 1 is 0.917 bits per heavy atom. The third-order valence-electron chi connectivity index (χ3n) is 4.14. The summed E-state index contributed by atoms with van der Waals surface area (Å²) in [6.45, 7) is 2.86. The third kappa shape index (κ3) is 5.41. The van der Waals surface area contributed by atoms with Gasteiger partial charge in [0.05, 0.1) is 0 Å². The fourth-order valence-corrected chi connectivity index (χ4v) is 2.67. The fourth-order valence-electron chi connectivity index (χ4n) is 2.67. The van der Waals surface area contributed by atoms with E-state index in [0.29, 0.717) is 6.54 Å². The number of hydrogen-bond donors (Lipinski definition) is 1. The normalized spacial score (nSPS) is 10.5. The van der Waals surface area contributed by atoms with Crippen molar-refractivity contribution in [3.05, 3.63) is 65.2 Å². The van der Waals surface area contributed by atoms with Crippen LogP contribution in [0.1, 0.15) is 41.3 Å². The van der Waals surface area contributed by atoms with Gasteiger partial charge in [-0.15, -0.1) is 0 Å². The summed E-state index contributed by atoms with van der Waals surface area (Å²) in [5, 5.41) is 3.00. The van der Waals surface area contributed by atoms with Crippen molar-refractivity contribution in [1.82, 2.24) is 5.32 Å². The maximum absolute atomic E-state index is 12.1. The highest BCUT2D eigenvalue weighted by Crippen LogP contribution is 2.13. The predicted molar refractivity (Wildman–Crippen MR) is 102 cm³/mol. The Morgan fingerprint density at radius 2 is 1.50 bits per heavy atom. The second-order valence-electron chi connectivity index (χ2n) is 6.37. The van der Waals surface area contributed by atoms with E-state index in [4.69, 9.17) is 0 Å². The minimum atomic E-state index is 0.0148. The Labute approximate surface area is 145 Å². The van der Waals surface area contributed by atoms with Gasteiger partial charge in [0.2, 0.25) is 0 Å². The molecule has 0 aliphatic rings. The highest BCUT2D eigenvalue weighted by molar-refractivity contribution is 5.94. The Kier molecular flexibility index (Phi) is 6.86. The van der Waals surface area contributed by atoms with Gasteiger partial charge in [-0.05, 0) is 54.7 Å². The molecule has 0 saturated heterocycles. The molecule has 1 amide bonds. The molecule has 24 heavy (non-hydrogen) atoms. The highest BCUT2D eigenvalue weighted by atomic mass is 16.1. The number of aryl methyl sites for hydroxylation is 2. The summed E-state index contributed by atoms with van der Waals surface area (Å²) in [4.78, 5) is 14.2. The van der Waals surface area contributed by atoms with Crippen molar-refractivity contribution >= 4 is 11.6 Å². The Bertz CT molecular complexity index is 630. The first-order valence-electron chi connectivity index (χ1n) is 8.73. The lowest BCUT2D eigenvalue weighted by Gasteiger charge is -2.12. The van der Waals surface area contributed by atoms with Gasteiger partial charge in [-0.3, -0.25) is 4.79 Å². The number of benzene rings is 2. The molecular formula is C21H28N2O. The number of carbonyl (C=O) groups excluding carboxylic acids is 1. The van der Waals surface area contributed by atoms with E-state index < -0.39 is 0 Å². The Hall–Kier alpha value is -2.29. The summed E-state index contributed by atoms with van der Waals surface area (Å²) in [7, 11) is 4.08. The molecule has 0 radical (unpaired) electrons. The number of rotatable bonds is 8. The molecule has 0 heterocycles. The zero-order valence-electron chi connectivity index (χ0n) is 15.0. The van der Waals surface area contributed by atoms with Crippen molar-refractivity contribution in [2.75, 3.05) is 25.5 Å². The van der Waals surface area contributed by atoms with Crippen molar-refractivity contribution in [3.63, 3.8) is 0 Å². The standard InChI is InChI=1S/C21H28N2O/c1-4-6-17-8-12-19(13-9-17)21(24)22-16-5-7-18-10-14-20(15-11-18)23(2)3/h8-15H,4-7,16H2,1-3H3,(H,22,24). The summed E-state index contributed by atoms with van der Waals surface area (Å²) in [6.07, 6.45) is 4.11. The number of amides is 1. The average molecular weight is 324 g/mol. The van der Waals surface area contributed by atoms with Gasteiger partial charge >= 0.3 is 0 Å². The Balaban J connectivity index is 1.74. The van der Waals surface area contributed by atoms with Crippen molar-refractivity contribution in [2.24, 2.45) is 0 Å². The molecule has 2 rings (SSSR count). The van der Waals surface area contributed by atoms with Gasteiger partial charge in [-0.25, -0.2) is 0 Å². The third-order valence-corrected chi connectivity index (χ3v) is 4.14. The molecule has 0 aliphatic carbocycles. The van der Waals surface area contributed by atoms with Crippen molar-refractivity contribution in [1.29, 1.82) is 0 Å². The molecule has 1 N–H and O–H groups in total. The molecule has 0 spiro atoms. The second kappa shape index (κ2) is 9.11. The van der Waals surface area contributed by atoms with E-state index in [1.807, 2.05) is 38.4 Å². The van der Waals surface area contributed by atoms with Crippen LogP contribution < -0.4 is 10.2 Å². The number of anilines is 1. The average Bonchev–Trinajstić information content (AvgIpc) is 2.60. The summed E-state index contributed by atoms with van der Waals surface area (Å²) in [6, 6.07) is 16.5. The smallest absolute Gasteiger partial charge is 0.251 e. The van der Waals surface area contributed by atoms with E-state index >= 15 is 0 Å². The predicted octanol–water partition coefficient (Wildman–Crippen LogP) is 4.07. The molecule has 0 bridgehead atoms. The summed E-state index contributed by atoms with van der Waals surface area (Å²) < 4.78 is 0. The molecule has 2 aromatic rings. The zero-order valence-corrected chi connectivity index (χ0v) is 15.0. The molecule has 3 heteroatoms. The molecule has 0 aromatic heterocycles. The van der Waals surface area contributed by atoms with Gasteiger partial charge < -0.3 is 10.2 Å². The largest absolute Gasteiger partial charge is 0.378 e. The fraction of sp³-hybridized carbons (Fsp3) is 0.381. The van der Waals surface area contributed by atoms with Crippen molar-refractivity contribution in [2.45, 2.75) is 32.6 Å². The number of carbonyl (C=O) groups is 1. The van der Waals surface area contributed by atoms with Gasteiger partial charge in [-0.2, -0.15) is 0 Å². The molecule has 0 saturated carbocycles. The monoisotopic (exact) mass is 324 g/mol. The van der Waals surface area contributed by atoms with Crippen LogP contribution in [0.5, 0.6) is 0 Å². The van der Waals surface area contributed by atoms with Gasteiger partial charge in [0.25, 0.3) is 5.91 Å². The van der Waals surface area contributed by atoms with Crippen LogP contribution in [0, 0.1) is 0 Å². The van der Waals surface area contributed by atoms with Gasteiger partial charge in [-0.1, -0.05) is 37.6 Å². The van der Waals surface area contributed by atoms with Gasteiger partial charge in [0.15, 0.2) is 0 Å². The van der Waals surface area contributed by atoms with Crippen LogP contribution >= 0.6 is 0 Å². The first-order chi connectivity index (χ1) is 11.6. The van der Waals surface area contributed by atoms with E-state index in [9.17, 15) is 4.79 Å². The van der Waals surface area contributed by atoms with Crippen molar-refractivity contribution < 1.29 is 4.79 Å². The van der Waals surface area contributed by atoms with E-state index in [-0.39, 0.29) is 5.91 Å². The molecule has 0 aliphatic heterocycles.